The largest absolute Gasteiger partial charge is 0.448 e. The number of anilines is 3. The average molecular weight is 618 g/mol. The monoisotopic (exact) mass is 617 g/mol. The summed E-state index contributed by atoms with van der Waals surface area (Å²) in [6.45, 7) is 7.75. The van der Waals surface area contributed by atoms with Gasteiger partial charge in [0.1, 0.15) is 17.5 Å². The molecule has 1 aromatic heterocycles. The second kappa shape index (κ2) is 11.2. The number of nitrogens with two attached hydrogens (primary N) is 1. The number of nitrogens with one attached hydrogen (secondary N) is 1. The number of ether oxygens (including phenoxy) is 1. The van der Waals surface area contributed by atoms with Gasteiger partial charge in [0.15, 0.2) is 0 Å². The smallest absolute Gasteiger partial charge is 0.436 e. The van der Waals surface area contributed by atoms with Crippen LogP contribution in [0.3, 0.4) is 0 Å². The number of likely N-dealkylation sites (N-methyl/N-ethyl adjacent to an activating group) is 1. The Morgan fingerprint density at radius 1 is 1.07 bits per heavy atom. The van der Waals surface area contributed by atoms with Crippen molar-refractivity contribution in [3.63, 3.8) is 0 Å². The van der Waals surface area contributed by atoms with E-state index in [1.54, 1.807) is 25.1 Å². The third-order valence-electron chi connectivity index (χ3n) is 7.73. The molecule has 3 N–H and O–H groups in total. The molecule has 43 heavy (non-hydrogen) atoms. The number of halogens is 2. The quantitative estimate of drug-likeness (QED) is 0.399. The molecule has 2 aliphatic rings. The van der Waals surface area contributed by atoms with Crippen molar-refractivity contribution in [2.75, 3.05) is 55.8 Å². The molecule has 3 heterocycles. The zero-order valence-electron chi connectivity index (χ0n) is 24.2. The standard InChI is InChI=1S/C28H33F2N7O5S/c1-5-42-27(39)37-25(32-26(38)21-7-6-19(15-23(21)31)35-10-8-34(4)9-11-35)22-16-36(28(2,3)24(22)33-37)43(40,41)20-13-17(29)12-18(30)14-20/h6-7,12-15H,5,8-11,16,31H2,1-4H3,(H,32,38). The number of hydrogen-bond acceptors (Lipinski definition) is 9. The molecule has 1 saturated heterocycles. The summed E-state index contributed by atoms with van der Waals surface area (Å²) in [7, 11) is -2.40. The number of amides is 1. The highest BCUT2D eigenvalue weighted by atomic mass is 32.2. The van der Waals surface area contributed by atoms with Gasteiger partial charge in [-0.3, -0.25) is 4.79 Å². The molecule has 2 aliphatic heterocycles. The number of nitrogens with zero attached hydrogens (tertiary/aromatic N) is 5. The van der Waals surface area contributed by atoms with Crippen molar-refractivity contribution in [1.29, 1.82) is 0 Å². The topological polar surface area (TPSA) is 143 Å². The van der Waals surface area contributed by atoms with E-state index < -0.39 is 44.1 Å². The highest BCUT2D eigenvalue weighted by Crippen LogP contribution is 2.45. The lowest BCUT2D eigenvalue weighted by Crippen LogP contribution is -2.44. The van der Waals surface area contributed by atoms with E-state index in [2.05, 4.69) is 20.2 Å². The van der Waals surface area contributed by atoms with Crippen LogP contribution < -0.4 is 16.0 Å². The zero-order chi connectivity index (χ0) is 31.3. The third-order valence-corrected chi connectivity index (χ3v) is 9.73. The number of rotatable bonds is 6. The Labute approximate surface area is 248 Å². The van der Waals surface area contributed by atoms with E-state index in [9.17, 15) is 26.8 Å². The number of fused-ring (bicyclic) bond motifs is 1. The molecule has 0 unspecified atom stereocenters. The predicted octanol–water partition coefficient (Wildman–Crippen LogP) is 3.19. The van der Waals surface area contributed by atoms with E-state index >= 15 is 0 Å². The highest BCUT2D eigenvalue weighted by molar-refractivity contribution is 7.89. The van der Waals surface area contributed by atoms with Gasteiger partial charge in [-0.1, -0.05) is 0 Å². The molecule has 0 aliphatic carbocycles. The predicted molar refractivity (Wildman–Crippen MR) is 155 cm³/mol. The highest BCUT2D eigenvalue weighted by Gasteiger charge is 2.49. The molecule has 0 saturated carbocycles. The second-order valence-corrected chi connectivity index (χ2v) is 12.8. The van der Waals surface area contributed by atoms with Gasteiger partial charge >= 0.3 is 6.09 Å². The Morgan fingerprint density at radius 2 is 1.72 bits per heavy atom. The van der Waals surface area contributed by atoms with Crippen molar-refractivity contribution >= 4 is 39.2 Å². The minimum Gasteiger partial charge on any atom is -0.448 e. The Balaban J connectivity index is 1.49. The minimum atomic E-state index is -4.45. The molecule has 12 nitrogen and oxygen atoms in total. The number of carbonyl (C=O) groups is 2. The number of piperazine rings is 1. The Hall–Kier alpha value is -4.08. The lowest BCUT2D eigenvalue weighted by atomic mass is 10.0. The Kier molecular flexibility index (Phi) is 7.92. The molecule has 230 valence electrons. The van der Waals surface area contributed by atoms with E-state index in [1.807, 2.05) is 7.05 Å². The van der Waals surface area contributed by atoms with Crippen LogP contribution in [0.2, 0.25) is 0 Å². The van der Waals surface area contributed by atoms with Gasteiger partial charge in [0.05, 0.1) is 28.3 Å². The third kappa shape index (κ3) is 5.55. The molecule has 1 fully saturated rings. The van der Waals surface area contributed by atoms with Gasteiger partial charge in [0, 0.05) is 55.7 Å². The lowest BCUT2D eigenvalue weighted by molar-refractivity contribution is 0.102. The van der Waals surface area contributed by atoms with Crippen LogP contribution in [0.15, 0.2) is 41.3 Å². The Morgan fingerprint density at radius 3 is 2.33 bits per heavy atom. The number of aromatic nitrogens is 2. The van der Waals surface area contributed by atoms with Gasteiger partial charge in [-0.2, -0.15) is 9.40 Å². The van der Waals surface area contributed by atoms with Gasteiger partial charge < -0.3 is 25.6 Å². The summed E-state index contributed by atoms with van der Waals surface area (Å²) in [5.74, 6) is -2.85. The maximum atomic E-state index is 14.0. The molecule has 0 bridgehead atoms. The van der Waals surface area contributed by atoms with Crippen molar-refractivity contribution in [2.24, 2.45) is 0 Å². The van der Waals surface area contributed by atoms with Crippen LogP contribution in [-0.2, 0) is 26.8 Å². The van der Waals surface area contributed by atoms with Crippen LogP contribution in [-0.4, -0.2) is 79.2 Å². The second-order valence-electron chi connectivity index (χ2n) is 11.0. The fourth-order valence-electron chi connectivity index (χ4n) is 5.38. The van der Waals surface area contributed by atoms with Crippen molar-refractivity contribution in [2.45, 2.75) is 37.8 Å². The first-order valence-electron chi connectivity index (χ1n) is 13.7. The number of carbonyl (C=O) groups excluding carboxylic acids is 2. The molecule has 3 aromatic rings. The number of sulfonamides is 1. The van der Waals surface area contributed by atoms with E-state index in [0.717, 1.165) is 53.0 Å². The first-order chi connectivity index (χ1) is 20.2. The van der Waals surface area contributed by atoms with Crippen molar-refractivity contribution < 1.29 is 31.5 Å². The molecule has 5 rings (SSSR count). The normalized spacial score (nSPS) is 17.1. The van der Waals surface area contributed by atoms with E-state index in [1.165, 1.54) is 13.8 Å². The van der Waals surface area contributed by atoms with E-state index in [4.69, 9.17) is 10.5 Å². The van der Waals surface area contributed by atoms with E-state index in [-0.39, 0.29) is 41.5 Å². The number of hydrogen-bond donors (Lipinski definition) is 2. The van der Waals surface area contributed by atoms with Crippen LogP contribution in [0, 0.1) is 11.6 Å². The summed E-state index contributed by atoms with van der Waals surface area (Å²) in [6, 6.07) is 7.11. The first kappa shape index (κ1) is 30.4. The number of benzene rings is 2. The van der Waals surface area contributed by atoms with Crippen LogP contribution in [0.4, 0.5) is 30.8 Å². The van der Waals surface area contributed by atoms with Gasteiger partial charge in [-0.15, -0.1) is 4.68 Å². The lowest BCUT2D eigenvalue weighted by Gasteiger charge is -2.34. The molecule has 0 radical (unpaired) electrons. The molecule has 0 atom stereocenters. The summed E-state index contributed by atoms with van der Waals surface area (Å²) in [5.41, 5.74) is 6.52. The maximum absolute atomic E-state index is 14.0. The maximum Gasteiger partial charge on any atom is 0.436 e. The van der Waals surface area contributed by atoms with Crippen LogP contribution in [0.1, 0.15) is 42.4 Å². The van der Waals surface area contributed by atoms with Crippen LogP contribution in [0.5, 0.6) is 0 Å². The molecule has 2 aromatic carbocycles. The van der Waals surface area contributed by atoms with Gasteiger partial charge in [0.25, 0.3) is 5.91 Å². The number of nitrogen functional groups attached to an aromatic ring is 1. The fourth-order valence-corrected chi connectivity index (χ4v) is 7.14. The first-order valence-corrected chi connectivity index (χ1v) is 15.1. The van der Waals surface area contributed by atoms with Crippen LogP contribution in [0.25, 0.3) is 0 Å². The molecule has 1 amide bonds. The van der Waals surface area contributed by atoms with Crippen molar-refractivity contribution in [3.05, 3.63) is 64.9 Å². The summed E-state index contributed by atoms with van der Waals surface area (Å²) >= 11 is 0. The van der Waals surface area contributed by atoms with E-state index in [0.29, 0.717) is 6.07 Å². The summed E-state index contributed by atoms with van der Waals surface area (Å²) in [5, 5.41) is 7.02. The summed E-state index contributed by atoms with van der Waals surface area (Å²) in [6.07, 6.45) is -0.886. The minimum absolute atomic E-state index is 0.0203. The molecule has 0 spiro atoms. The van der Waals surface area contributed by atoms with Gasteiger partial charge in [-0.05, 0) is 58.2 Å². The van der Waals surface area contributed by atoms with Gasteiger partial charge in [0.2, 0.25) is 10.0 Å². The molecular formula is C28H33F2N7O5S. The zero-order valence-corrected chi connectivity index (χ0v) is 25.0. The van der Waals surface area contributed by atoms with Crippen LogP contribution >= 0.6 is 0 Å². The average Bonchev–Trinajstić information content (AvgIpc) is 3.43. The fraction of sp³-hybridized carbons (Fsp3) is 0.393. The van der Waals surface area contributed by atoms with Crippen molar-refractivity contribution in [1.82, 2.24) is 19.0 Å². The van der Waals surface area contributed by atoms with Gasteiger partial charge in [-0.25, -0.2) is 22.0 Å². The molecule has 15 heteroatoms. The summed E-state index contributed by atoms with van der Waals surface area (Å²) in [4.78, 5) is 30.2. The Bertz CT molecular complexity index is 1680. The molecular weight excluding hydrogens is 584 g/mol. The SMILES string of the molecule is CCOC(=O)n1nc2c(c1NC(=O)c1ccc(N3CCN(C)CC3)cc1N)CN(S(=O)(=O)c1cc(F)cc(F)c1)C2(C)C. The van der Waals surface area contributed by atoms with Crippen molar-refractivity contribution in [3.8, 4) is 0 Å². The summed E-state index contributed by atoms with van der Waals surface area (Å²) < 4.78 is 62.1.